The van der Waals surface area contributed by atoms with Crippen LogP contribution in [-0.2, 0) is 0 Å². The molecule has 0 saturated heterocycles. The van der Waals surface area contributed by atoms with E-state index in [-0.39, 0.29) is 22.6 Å². The summed E-state index contributed by atoms with van der Waals surface area (Å²) in [5.41, 5.74) is 8.64. The molecule has 0 spiro atoms. The topological polar surface area (TPSA) is 89.3 Å². The third-order valence-corrected chi connectivity index (χ3v) is 5.47. The predicted octanol–water partition coefficient (Wildman–Crippen LogP) is 4.58. The van der Waals surface area contributed by atoms with E-state index in [2.05, 4.69) is 37.2 Å². The lowest BCUT2D eigenvalue weighted by Crippen LogP contribution is -2.31. The van der Waals surface area contributed by atoms with Gasteiger partial charge in [0.05, 0.1) is 5.56 Å². The summed E-state index contributed by atoms with van der Waals surface area (Å²) < 4.78 is 1.34. The largest absolute Gasteiger partial charge is 0.398 e. The van der Waals surface area contributed by atoms with Gasteiger partial charge in [0.1, 0.15) is 0 Å². The highest BCUT2D eigenvalue weighted by Crippen LogP contribution is 2.41. The number of nitrogens with one attached hydrogen (secondary N) is 1. The van der Waals surface area contributed by atoms with Gasteiger partial charge in [0.2, 0.25) is 0 Å². The first-order chi connectivity index (χ1) is 13.4. The van der Waals surface area contributed by atoms with E-state index in [4.69, 9.17) is 5.73 Å². The van der Waals surface area contributed by atoms with Gasteiger partial charge in [-0.25, -0.2) is 0 Å². The standard InChI is InChI=1S/C21H12Br2N2O3/c22-10-5-6-12-14(7-10)19(26)15-8-11(23)9-16(18(12)15)21(28)25-20(27)13-3-1-2-4-17(13)24/h1-9H,24H2,(H,25,27,28). The molecule has 28 heavy (non-hydrogen) atoms. The minimum Gasteiger partial charge on any atom is -0.398 e. The van der Waals surface area contributed by atoms with Gasteiger partial charge < -0.3 is 5.73 Å². The average molecular weight is 500 g/mol. The van der Waals surface area contributed by atoms with E-state index < -0.39 is 11.8 Å². The summed E-state index contributed by atoms with van der Waals surface area (Å²) in [4.78, 5) is 38.2. The highest BCUT2D eigenvalue weighted by molar-refractivity contribution is 9.10. The Balaban J connectivity index is 1.78. The summed E-state index contributed by atoms with van der Waals surface area (Å²) in [7, 11) is 0. The fraction of sp³-hybridized carbons (Fsp3) is 0. The maximum atomic E-state index is 12.9. The van der Waals surface area contributed by atoms with Crippen molar-refractivity contribution in [1.82, 2.24) is 5.32 Å². The Labute approximate surface area is 177 Å². The average Bonchev–Trinajstić information content (AvgIpc) is 2.93. The quantitative estimate of drug-likeness (QED) is 0.312. The van der Waals surface area contributed by atoms with Gasteiger partial charge in [0.25, 0.3) is 11.8 Å². The zero-order valence-electron chi connectivity index (χ0n) is 14.3. The highest BCUT2D eigenvalue weighted by Gasteiger charge is 2.32. The summed E-state index contributed by atoms with van der Waals surface area (Å²) in [5.74, 6) is -1.37. The monoisotopic (exact) mass is 498 g/mol. The molecule has 0 aromatic heterocycles. The molecule has 1 aliphatic carbocycles. The van der Waals surface area contributed by atoms with Crippen LogP contribution in [0.1, 0.15) is 36.6 Å². The van der Waals surface area contributed by atoms with Gasteiger partial charge in [-0.3, -0.25) is 19.7 Å². The van der Waals surface area contributed by atoms with Crippen molar-refractivity contribution >= 4 is 55.1 Å². The second-order valence-electron chi connectivity index (χ2n) is 6.27. The summed E-state index contributed by atoms with van der Waals surface area (Å²) in [6.07, 6.45) is 0. The summed E-state index contributed by atoms with van der Waals surface area (Å²) in [6, 6.07) is 15.1. The number of benzene rings is 3. The van der Waals surface area contributed by atoms with Crippen LogP contribution in [-0.4, -0.2) is 17.6 Å². The SMILES string of the molecule is Nc1ccccc1C(=O)NC(=O)c1cc(Br)cc2c1-c1ccc(Br)cc1C2=O. The highest BCUT2D eigenvalue weighted by atomic mass is 79.9. The molecule has 0 radical (unpaired) electrons. The molecule has 0 saturated carbocycles. The number of hydrogen-bond acceptors (Lipinski definition) is 4. The number of ketones is 1. The van der Waals surface area contributed by atoms with Gasteiger partial charge in [-0.2, -0.15) is 0 Å². The van der Waals surface area contributed by atoms with E-state index in [1.54, 1.807) is 54.6 Å². The summed E-state index contributed by atoms with van der Waals surface area (Å²) >= 11 is 6.71. The van der Waals surface area contributed by atoms with Gasteiger partial charge >= 0.3 is 0 Å². The number of nitrogen functional groups attached to an aromatic ring is 1. The molecule has 4 rings (SSSR count). The Morgan fingerprint density at radius 1 is 0.786 bits per heavy atom. The normalized spacial score (nSPS) is 11.7. The van der Waals surface area contributed by atoms with Crippen LogP contribution < -0.4 is 11.1 Å². The number of amides is 2. The van der Waals surface area contributed by atoms with Gasteiger partial charge in [0.15, 0.2) is 5.78 Å². The van der Waals surface area contributed by atoms with E-state index >= 15 is 0 Å². The molecule has 0 heterocycles. The van der Waals surface area contributed by atoms with Crippen LogP contribution in [0, 0.1) is 0 Å². The first-order valence-corrected chi connectivity index (χ1v) is 9.84. The first kappa shape index (κ1) is 18.6. The maximum Gasteiger partial charge on any atom is 0.260 e. The molecule has 0 aliphatic heterocycles. The van der Waals surface area contributed by atoms with Crippen molar-refractivity contribution in [1.29, 1.82) is 0 Å². The van der Waals surface area contributed by atoms with Crippen molar-refractivity contribution in [3.05, 3.63) is 85.8 Å². The lowest BCUT2D eigenvalue weighted by molar-refractivity contribution is 0.0850. The number of imide groups is 1. The fourth-order valence-electron chi connectivity index (χ4n) is 3.26. The van der Waals surface area contributed by atoms with E-state index in [1.165, 1.54) is 0 Å². The van der Waals surface area contributed by atoms with Crippen LogP contribution in [0.4, 0.5) is 5.69 Å². The second kappa shape index (κ2) is 7.00. The number of fused-ring (bicyclic) bond motifs is 3. The third kappa shape index (κ3) is 3.06. The Kier molecular flexibility index (Phi) is 4.64. The molecule has 138 valence electrons. The third-order valence-electron chi connectivity index (χ3n) is 4.52. The molecule has 0 fully saturated rings. The van der Waals surface area contributed by atoms with Crippen LogP contribution >= 0.6 is 31.9 Å². The zero-order valence-corrected chi connectivity index (χ0v) is 17.4. The van der Waals surface area contributed by atoms with Gasteiger partial charge in [-0.15, -0.1) is 0 Å². The Bertz CT molecular complexity index is 1190. The van der Waals surface area contributed by atoms with Crippen molar-refractivity contribution < 1.29 is 14.4 Å². The molecule has 1 aliphatic rings. The Morgan fingerprint density at radius 3 is 2.21 bits per heavy atom. The smallest absolute Gasteiger partial charge is 0.260 e. The molecule has 2 amide bonds. The number of nitrogens with two attached hydrogens (primary N) is 1. The molecule has 3 aromatic carbocycles. The minimum atomic E-state index is -0.602. The van der Waals surface area contributed by atoms with Crippen LogP contribution in [0.25, 0.3) is 11.1 Å². The van der Waals surface area contributed by atoms with E-state index in [9.17, 15) is 14.4 Å². The van der Waals surface area contributed by atoms with Crippen LogP contribution in [0.3, 0.4) is 0 Å². The Hall–Kier alpha value is -2.77. The zero-order chi connectivity index (χ0) is 20.0. The van der Waals surface area contributed by atoms with Crippen molar-refractivity contribution in [2.75, 3.05) is 5.73 Å². The second-order valence-corrected chi connectivity index (χ2v) is 8.10. The van der Waals surface area contributed by atoms with Crippen molar-refractivity contribution in [3.63, 3.8) is 0 Å². The maximum absolute atomic E-state index is 12.9. The lowest BCUT2D eigenvalue weighted by Gasteiger charge is -2.11. The minimum absolute atomic E-state index is 0.166. The lowest BCUT2D eigenvalue weighted by atomic mass is 9.98. The van der Waals surface area contributed by atoms with E-state index in [0.29, 0.717) is 26.7 Å². The number of anilines is 1. The van der Waals surface area contributed by atoms with Crippen LogP contribution in [0.2, 0.25) is 0 Å². The van der Waals surface area contributed by atoms with Crippen LogP contribution in [0.15, 0.2) is 63.5 Å². The summed E-state index contributed by atoms with van der Waals surface area (Å²) in [6.45, 7) is 0. The fourth-order valence-corrected chi connectivity index (χ4v) is 4.08. The summed E-state index contributed by atoms with van der Waals surface area (Å²) in [5, 5.41) is 2.37. The van der Waals surface area contributed by atoms with Crippen molar-refractivity contribution in [2.24, 2.45) is 0 Å². The van der Waals surface area contributed by atoms with E-state index in [1.807, 2.05) is 0 Å². The number of rotatable bonds is 2. The van der Waals surface area contributed by atoms with Gasteiger partial charge in [0, 0.05) is 36.9 Å². The molecule has 3 N–H and O–H groups in total. The van der Waals surface area contributed by atoms with Crippen molar-refractivity contribution in [3.8, 4) is 11.1 Å². The molecule has 7 heteroatoms. The van der Waals surface area contributed by atoms with Gasteiger partial charge in [-0.1, -0.05) is 50.1 Å². The molecule has 5 nitrogen and oxygen atoms in total. The van der Waals surface area contributed by atoms with Gasteiger partial charge in [-0.05, 0) is 42.0 Å². The molecule has 0 bridgehead atoms. The molecular weight excluding hydrogens is 488 g/mol. The molecular formula is C21H12Br2N2O3. The Morgan fingerprint density at radius 2 is 1.46 bits per heavy atom. The number of carbonyl (C=O) groups excluding carboxylic acids is 3. The van der Waals surface area contributed by atoms with E-state index in [0.717, 1.165) is 4.47 Å². The molecule has 3 aromatic rings. The number of carbonyl (C=O) groups is 3. The molecule has 0 atom stereocenters. The predicted molar refractivity (Wildman–Crippen MR) is 113 cm³/mol. The number of halogens is 2. The molecule has 0 unspecified atom stereocenters. The van der Waals surface area contributed by atoms with Crippen molar-refractivity contribution in [2.45, 2.75) is 0 Å². The van der Waals surface area contributed by atoms with Crippen LogP contribution in [0.5, 0.6) is 0 Å². The number of hydrogen-bond donors (Lipinski definition) is 2. The first-order valence-electron chi connectivity index (χ1n) is 8.25. The number of para-hydroxylation sites is 1.